The van der Waals surface area contributed by atoms with Gasteiger partial charge in [0, 0.05) is 0 Å². The average Bonchev–Trinajstić information content (AvgIpc) is 2.73. The largest absolute Gasteiger partial charge is 0.358 e. The van der Waals surface area contributed by atoms with E-state index in [4.69, 9.17) is 0 Å². The van der Waals surface area contributed by atoms with E-state index >= 15 is 0 Å². The van der Waals surface area contributed by atoms with E-state index < -0.39 is 4.92 Å². The molecule has 0 bridgehead atoms. The van der Waals surface area contributed by atoms with Crippen molar-refractivity contribution in [1.29, 1.82) is 0 Å². The molecule has 1 aromatic rings. The monoisotopic (exact) mass is 243 g/mol. The molecular weight excluding hydrogens is 226 g/mol. The fourth-order valence-electron chi connectivity index (χ4n) is 1.40. The van der Waals surface area contributed by atoms with Crippen LogP contribution < -0.4 is 0 Å². The number of imidazole rings is 1. The van der Waals surface area contributed by atoms with E-state index in [9.17, 15) is 10.1 Å². The third-order valence-electron chi connectivity index (χ3n) is 2.16. The third kappa shape index (κ3) is 3.52. The molecule has 16 heavy (non-hydrogen) atoms. The lowest BCUT2D eigenvalue weighted by atomic mass is 10.2. The Kier molecular flexibility index (Phi) is 5.31. The minimum absolute atomic E-state index is 0.0202. The molecule has 0 aliphatic rings. The Morgan fingerprint density at radius 1 is 1.56 bits per heavy atom. The van der Waals surface area contributed by atoms with Gasteiger partial charge in [-0.1, -0.05) is 20.3 Å². The summed E-state index contributed by atoms with van der Waals surface area (Å²) in [4.78, 5) is 17.0. The summed E-state index contributed by atoms with van der Waals surface area (Å²) in [6.45, 7) is 4.23. The Balaban J connectivity index is 2.71. The first-order chi connectivity index (χ1) is 7.69. The van der Waals surface area contributed by atoms with E-state index in [-0.39, 0.29) is 11.1 Å². The molecular formula is C10H17N3O2S. The van der Waals surface area contributed by atoms with Crippen LogP contribution in [0.15, 0.2) is 6.20 Å². The van der Waals surface area contributed by atoms with Crippen LogP contribution in [0.25, 0.3) is 0 Å². The van der Waals surface area contributed by atoms with Gasteiger partial charge < -0.3 is 10.1 Å². The molecule has 1 unspecified atom stereocenters. The number of nitro groups is 1. The minimum Gasteiger partial charge on any atom is -0.358 e. The van der Waals surface area contributed by atoms with Crippen molar-refractivity contribution >= 4 is 17.6 Å². The molecule has 0 saturated heterocycles. The summed E-state index contributed by atoms with van der Waals surface area (Å²) in [7, 11) is 0. The number of thioether (sulfide) groups is 1. The molecule has 6 heteroatoms. The zero-order chi connectivity index (χ0) is 12.0. The van der Waals surface area contributed by atoms with Crippen molar-refractivity contribution in [3.63, 3.8) is 0 Å². The number of rotatable bonds is 7. The minimum atomic E-state index is -0.440. The normalized spacial score (nSPS) is 12.6. The molecule has 0 fully saturated rings. The molecule has 0 amide bonds. The van der Waals surface area contributed by atoms with Crippen molar-refractivity contribution < 1.29 is 4.92 Å². The number of nitrogens with zero attached hydrogens (tertiary/aromatic N) is 2. The topological polar surface area (TPSA) is 71.8 Å². The molecule has 1 rings (SSSR count). The lowest BCUT2D eigenvalue weighted by Crippen LogP contribution is -1.98. The van der Waals surface area contributed by atoms with Crippen LogP contribution >= 0.6 is 11.8 Å². The van der Waals surface area contributed by atoms with Crippen LogP contribution in [0.3, 0.4) is 0 Å². The lowest BCUT2D eigenvalue weighted by molar-refractivity contribution is -0.389. The zero-order valence-corrected chi connectivity index (χ0v) is 10.4. The van der Waals surface area contributed by atoms with E-state index in [0.717, 1.165) is 30.8 Å². The maximum Gasteiger partial charge on any atom is 0.340 e. The van der Waals surface area contributed by atoms with E-state index in [1.807, 2.05) is 11.8 Å². The Labute approximate surface area is 99.2 Å². The van der Waals surface area contributed by atoms with Crippen LogP contribution in [0.5, 0.6) is 0 Å². The number of aromatic amines is 1. The van der Waals surface area contributed by atoms with E-state index in [2.05, 4.69) is 23.8 Å². The van der Waals surface area contributed by atoms with Crippen LogP contribution in [-0.2, 0) is 0 Å². The number of hydrogen-bond acceptors (Lipinski definition) is 4. The first-order valence-corrected chi connectivity index (χ1v) is 6.54. The number of H-pyrrole nitrogens is 1. The Bertz CT molecular complexity index is 341. The summed E-state index contributed by atoms with van der Waals surface area (Å²) in [5.41, 5.74) is 0. The summed E-state index contributed by atoms with van der Waals surface area (Å²) in [6.07, 6.45) is 4.45. The van der Waals surface area contributed by atoms with E-state index in [1.165, 1.54) is 6.20 Å². The quantitative estimate of drug-likeness (QED) is 0.589. The highest BCUT2D eigenvalue weighted by molar-refractivity contribution is 7.99. The van der Waals surface area contributed by atoms with Crippen molar-refractivity contribution in [3.05, 3.63) is 22.1 Å². The fraction of sp³-hybridized carbons (Fsp3) is 0.700. The summed E-state index contributed by atoms with van der Waals surface area (Å²) in [5, 5.41) is 10.8. The maximum atomic E-state index is 10.5. The predicted molar refractivity (Wildman–Crippen MR) is 65.6 cm³/mol. The second-order valence-electron chi connectivity index (χ2n) is 3.56. The lowest BCUT2D eigenvalue weighted by Gasteiger charge is -2.09. The molecule has 90 valence electrons. The van der Waals surface area contributed by atoms with Crippen LogP contribution in [0.1, 0.15) is 44.2 Å². The highest BCUT2D eigenvalue weighted by atomic mass is 32.2. The molecule has 0 aliphatic heterocycles. The van der Waals surface area contributed by atoms with E-state index in [1.54, 1.807) is 0 Å². The van der Waals surface area contributed by atoms with Gasteiger partial charge in [-0.3, -0.25) is 0 Å². The first kappa shape index (κ1) is 13.0. The fourth-order valence-corrected chi connectivity index (χ4v) is 2.60. The number of aromatic nitrogens is 2. The molecule has 1 aromatic heterocycles. The zero-order valence-electron chi connectivity index (χ0n) is 9.60. The molecule has 1 N–H and O–H groups in total. The number of nitrogens with one attached hydrogen (secondary N) is 1. The first-order valence-electron chi connectivity index (χ1n) is 5.49. The van der Waals surface area contributed by atoms with Crippen LogP contribution in [0.4, 0.5) is 5.82 Å². The highest BCUT2D eigenvalue weighted by Crippen LogP contribution is 2.32. The smallest absolute Gasteiger partial charge is 0.340 e. The van der Waals surface area contributed by atoms with Gasteiger partial charge in [0.1, 0.15) is 6.20 Å². The molecule has 0 aliphatic carbocycles. The molecule has 1 heterocycles. The highest BCUT2D eigenvalue weighted by Gasteiger charge is 2.19. The van der Waals surface area contributed by atoms with Crippen molar-refractivity contribution in [2.24, 2.45) is 0 Å². The Morgan fingerprint density at radius 2 is 2.31 bits per heavy atom. The van der Waals surface area contributed by atoms with Crippen LogP contribution in [-0.4, -0.2) is 20.6 Å². The molecule has 5 nitrogen and oxygen atoms in total. The average molecular weight is 243 g/mol. The van der Waals surface area contributed by atoms with Gasteiger partial charge in [0.15, 0.2) is 0 Å². The number of hydrogen-bond donors (Lipinski definition) is 1. The molecule has 0 spiro atoms. The van der Waals surface area contributed by atoms with Crippen molar-refractivity contribution in [2.45, 2.75) is 38.4 Å². The van der Waals surface area contributed by atoms with Crippen molar-refractivity contribution in [1.82, 2.24) is 9.97 Å². The molecule has 0 aromatic carbocycles. The Hall–Kier alpha value is -1.04. The maximum absolute atomic E-state index is 10.5. The summed E-state index contributed by atoms with van der Waals surface area (Å²) < 4.78 is 0. The van der Waals surface area contributed by atoms with Gasteiger partial charge in [-0.15, -0.1) is 11.8 Å². The second kappa shape index (κ2) is 6.52. The third-order valence-corrected chi connectivity index (χ3v) is 3.66. The Morgan fingerprint density at radius 3 is 2.81 bits per heavy atom. The van der Waals surface area contributed by atoms with Gasteiger partial charge in [0.2, 0.25) is 5.82 Å². The van der Waals surface area contributed by atoms with Gasteiger partial charge in [0.05, 0.1) is 5.25 Å². The summed E-state index contributed by atoms with van der Waals surface area (Å²) >= 11 is 1.81. The standard InChI is InChI=1S/C10H17N3O2S/c1-3-5-8(16-6-4-2)10-11-7-9(12-10)13(14)15/h7-8H,3-6H2,1-2H3,(H,11,12). The summed E-state index contributed by atoms with van der Waals surface area (Å²) in [6, 6.07) is 0. The van der Waals surface area contributed by atoms with E-state index in [0.29, 0.717) is 0 Å². The van der Waals surface area contributed by atoms with Crippen LogP contribution in [0.2, 0.25) is 0 Å². The predicted octanol–water partition coefficient (Wildman–Crippen LogP) is 3.30. The molecule has 1 atom stereocenters. The van der Waals surface area contributed by atoms with Crippen molar-refractivity contribution in [3.8, 4) is 0 Å². The van der Waals surface area contributed by atoms with Crippen LogP contribution in [0, 0.1) is 10.1 Å². The SMILES string of the molecule is CCCSC(CCC)c1ncc([N+](=O)[O-])[nH]1. The van der Waals surface area contributed by atoms with Crippen molar-refractivity contribution in [2.75, 3.05) is 5.75 Å². The van der Waals surface area contributed by atoms with Gasteiger partial charge in [0.25, 0.3) is 0 Å². The van der Waals surface area contributed by atoms with Gasteiger partial charge in [-0.05, 0) is 23.5 Å². The van der Waals surface area contributed by atoms with Gasteiger partial charge in [-0.25, -0.2) is 9.97 Å². The van der Waals surface area contributed by atoms with Gasteiger partial charge >= 0.3 is 5.82 Å². The second-order valence-corrected chi connectivity index (χ2v) is 4.87. The molecule has 0 radical (unpaired) electrons. The van der Waals surface area contributed by atoms with Gasteiger partial charge in [-0.2, -0.15) is 0 Å². The summed E-state index contributed by atoms with van der Waals surface area (Å²) in [5.74, 6) is 1.76. The molecule has 0 saturated carbocycles.